The summed E-state index contributed by atoms with van der Waals surface area (Å²) in [7, 11) is 0. The molecule has 1 unspecified atom stereocenters. The molecular formula is C15H16BrClN2O. The second-order valence-electron chi connectivity index (χ2n) is 5.10. The zero-order valence-electron chi connectivity index (χ0n) is 11.0. The third kappa shape index (κ3) is 3.74. The number of benzene rings is 1. The molecule has 1 fully saturated rings. The highest BCUT2D eigenvalue weighted by atomic mass is 79.9. The van der Waals surface area contributed by atoms with Gasteiger partial charge >= 0.3 is 0 Å². The average Bonchev–Trinajstić information content (AvgIpc) is 2.45. The molecule has 1 saturated carbocycles. The maximum absolute atomic E-state index is 12.3. The molecule has 1 amide bonds. The molecule has 0 aliphatic heterocycles. The van der Waals surface area contributed by atoms with Crippen molar-refractivity contribution in [1.29, 1.82) is 5.26 Å². The van der Waals surface area contributed by atoms with Gasteiger partial charge in [-0.25, -0.2) is 0 Å². The van der Waals surface area contributed by atoms with Crippen molar-refractivity contribution < 1.29 is 4.79 Å². The smallest absolute Gasteiger partial charge is 0.253 e. The molecule has 2 rings (SSSR count). The molecule has 0 heterocycles. The van der Waals surface area contributed by atoms with Crippen LogP contribution < -0.4 is 5.32 Å². The molecule has 1 aliphatic rings. The largest absolute Gasteiger partial charge is 0.336 e. The molecule has 106 valence electrons. The quantitative estimate of drug-likeness (QED) is 0.878. The predicted molar refractivity (Wildman–Crippen MR) is 82.6 cm³/mol. The molecule has 5 heteroatoms. The number of amides is 1. The maximum Gasteiger partial charge on any atom is 0.253 e. The first-order valence-electron chi connectivity index (χ1n) is 6.77. The molecule has 3 nitrogen and oxygen atoms in total. The average molecular weight is 356 g/mol. The highest BCUT2D eigenvalue weighted by molar-refractivity contribution is 9.10. The number of nitriles is 1. The van der Waals surface area contributed by atoms with Gasteiger partial charge in [0.25, 0.3) is 5.91 Å². The number of nitrogens with zero attached hydrogens (tertiary/aromatic N) is 1. The Morgan fingerprint density at radius 3 is 2.70 bits per heavy atom. The van der Waals surface area contributed by atoms with E-state index >= 15 is 0 Å². The maximum atomic E-state index is 12.3. The zero-order valence-corrected chi connectivity index (χ0v) is 13.4. The number of halogens is 2. The standard InChI is InChI=1S/C15H16BrClN2O/c16-13-8-11(17)6-7-12(13)15(20)19-14(9-18)10-4-2-1-3-5-10/h6-8,10,14H,1-5H2,(H,19,20). The number of hydrogen-bond donors (Lipinski definition) is 1. The molecule has 20 heavy (non-hydrogen) atoms. The lowest BCUT2D eigenvalue weighted by Gasteiger charge is -2.26. The fourth-order valence-corrected chi connectivity index (χ4v) is 3.48. The highest BCUT2D eigenvalue weighted by Gasteiger charge is 2.25. The van der Waals surface area contributed by atoms with Crippen LogP contribution >= 0.6 is 27.5 Å². The molecule has 0 saturated heterocycles. The lowest BCUT2D eigenvalue weighted by atomic mass is 9.84. The van der Waals surface area contributed by atoms with Crippen LogP contribution in [0.1, 0.15) is 42.5 Å². The minimum absolute atomic E-state index is 0.231. The number of hydrogen-bond acceptors (Lipinski definition) is 2. The second-order valence-corrected chi connectivity index (χ2v) is 6.39. The molecule has 0 bridgehead atoms. The fraction of sp³-hybridized carbons (Fsp3) is 0.467. The lowest BCUT2D eigenvalue weighted by molar-refractivity contribution is 0.0928. The van der Waals surface area contributed by atoms with Crippen LogP contribution in [0.2, 0.25) is 5.02 Å². The monoisotopic (exact) mass is 354 g/mol. The van der Waals surface area contributed by atoms with Gasteiger partial charge in [0.1, 0.15) is 6.04 Å². The minimum atomic E-state index is -0.412. The Hall–Kier alpha value is -1.05. The Bertz CT molecular complexity index is 535. The molecule has 0 radical (unpaired) electrons. The number of carbonyl (C=O) groups is 1. The summed E-state index contributed by atoms with van der Waals surface area (Å²) in [5.41, 5.74) is 0.505. The number of nitrogens with one attached hydrogen (secondary N) is 1. The van der Waals surface area contributed by atoms with E-state index in [2.05, 4.69) is 27.3 Å². The first kappa shape index (κ1) is 15.3. The SMILES string of the molecule is N#CC(NC(=O)c1ccc(Cl)cc1Br)C1CCCCC1. The summed E-state index contributed by atoms with van der Waals surface area (Å²) in [6.07, 6.45) is 5.54. The highest BCUT2D eigenvalue weighted by Crippen LogP contribution is 2.27. The normalized spacial score (nSPS) is 17.2. The predicted octanol–water partition coefficient (Wildman–Crippen LogP) is 4.30. The third-order valence-corrected chi connectivity index (χ3v) is 4.61. The van der Waals surface area contributed by atoms with Crippen molar-refractivity contribution in [2.24, 2.45) is 5.92 Å². The van der Waals surface area contributed by atoms with Crippen molar-refractivity contribution in [1.82, 2.24) is 5.32 Å². The first-order valence-corrected chi connectivity index (χ1v) is 7.94. The second kappa shape index (κ2) is 7.10. The topological polar surface area (TPSA) is 52.9 Å². The van der Waals surface area contributed by atoms with Crippen molar-refractivity contribution in [3.05, 3.63) is 33.3 Å². The van der Waals surface area contributed by atoms with Crippen molar-refractivity contribution in [3.63, 3.8) is 0 Å². The van der Waals surface area contributed by atoms with Crippen LogP contribution in [0.25, 0.3) is 0 Å². The van der Waals surface area contributed by atoms with Crippen molar-refractivity contribution >= 4 is 33.4 Å². The molecule has 1 aromatic rings. The Kier molecular flexibility index (Phi) is 5.45. The molecule has 1 atom stereocenters. The Balaban J connectivity index is 2.07. The summed E-state index contributed by atoms with van der Waals surface area (Å²) < 4.78 is 0.642. The van der Waals surface area contributed by atoms with Crippen LogP contribution in [0.4, 0.5) is 0 Å². The molecule has 1 aliphatic carbocycles. The van der Waals surface area contributed by atoms with E-state index < -0.39 is 6.04 Å². The van der Waals surface area contributed by atoms with Gasteiger partial charge in [-0.05, 0) is 52.9 Å². The summed E-state index contributed by atoms with van der Waals surface area (Å²) in [6, 6.07) is 6.83. The summed E-state index contributed by atoms with van der Waals surface area (Å²) in [5, 5.41) is 12.7. The molecule has 0 spiro atoms. The number of rotatable bonds is 3. The van der Waals surface area contributed by atoms with Gasteiger partial charge < -0.3 is 5.32 Å². The van der Waals surface area contributed by atoms with E-state index in [4.69, 9.17) is 11.6 Å². The van der Waals surface area contributed by atoms with E-state index in [1.165, 1.54) is 6.42 Å². The molecule has 1 N–H and O–H groups in total. The third-order valence-electron chi connectivity index (χ3n) is 3.72. The van der Waals surface area contributed by atoms with Crippen LogP contribution in [0, 0.1) is 17.2 Å². The van der Waals surface area contributed by atoms with Crippen molar-refractivity contribution in [2.45, 2.75) is 38.1 Å². The fourth-order valence-electron chi connectivity index (χ4n) is 2.62. The first-order chi connectivity index (χ1) is 9.61. The Morgan fingerprint density at radius 1 is 1.40 bits per heavy atom. The van der Waals surface area contributed by atoms with E-state index in [9.17, 15) is 10.1 Å². The van der Waals surface area contributed by atoms with Gasteiger partial charge in [-0.1, -0.05) is 30.9 Å². The van der Waals surface area contributed by atoms with E-state index in [0.29, 0.717) is 15.1 Å². The Morgan fingerprint density at radius 2 is 2.10 bits per heavy atom. The van der Waals surface area contributed by atoms with E-state index in [-0.39, 0.29) is 11.8 Å². The van der Waals surface area contributed by atoms with Crippen LogP contribution in [0.5, 0.6) is 0 Å². The van der Waals surface area contributed by atoms with Crippen LogP contribution in [0.15, 0.2) is 22.7 Å². The van der Waals surface area contributed by atoms with Crippen molar-refractivity contribution in [3.8, 4) is 6.07 Å². The Labute approximate surface area is 132 Å². The van der Waals surface area contributed by atoms with Crippen molar-refractivity contribution in [2.75, 3.05) is 0 Å². The van der Waals surface area contributed by atoms with Gasteiger partial charge in [-0.3, -0.25) is 4.79 Å². The molecule has 1 aromatic carbocycles. The van der Waals surface area contributed by atoms with E-state index in [1.807, 2.05) is 0 Å². The summed E-state index contributed by atoms with van der Waals surface area (Å²) in [6.45, 7) is 0. The van der Waals surface area contributed by atoms with E-state index in [1.54, 1.807) is 18.2 Å². The summed E-state index contributed by atoms with van der Waals surface area (Å²) >= 11 is 9.19. The van der Waals surface area contributed by atoms with Gasteiger partial charge in [-0.15, -0.1) is 0 Å². The summed E-state index contributed by atoms with van der Waals surface area (Å²) in [5.74, 6) is 0.0365. The molecule has 0 aromatic heterocycles. The van der Waals surface area contributed by atoms with E-state index in [0.717, 1.165) is 25.7 Å². The van der Waals surface area contributed by atoms with Gasteiger partial charge in [0.15, 0.2) is 0 Å². The minimum Gasteiger partial charge on any atom is -0.336 e. The van der Waals surface area contributed by atoms with Crippen LogP contribution in [0.3, 0.4) is 0 Å². The molecular weight excluding hydrogens is 340 g/mol. The van der Waals surface area contributed by atoms with Gasteiger partial charge in [0, 0.05) is 9.50 Å². The van der Waals surface area contributed by atoms with Gasteiger partial charge in [0.2, 0.25) is 0 Å². The van der Waals surface area contributed by atoms with Crippen LogP contribution in [-0.2, 0) is 0 Å². The zero-order chi connectivity index (χ0) is 14.5. The lowest BCUT2D eigenvalue weighted by Crippen LogP contribution is -2.40. The number of carbonyl (C=O) groups excluding carboxylic acids is 1. The van der Waals surface area contributed by atoms with Gasteiger partial charge in [-0.2, -0.15) is 5.26 Å². The van der Waals surface area contributed by atoms with Gasteiger partial charge in [0.05, 0.1) is 11.6 Å². The summed E-state index contributed by atoms with van der Waals surface area (Å²) in [4.78, 5) is 12.3. The van der Waals surface area contributed by atoms with Crippen LogP contribution in [-0.4, -0.2) is 11.9 Å².